The van der Waals surface area contributed by atoms with E-state index in [1.54, 1.807) is 0 Å². The van der Waals surface area contributed by atoms with Crippen molar-refractivity contribution in [3.05, 3.63) is 0 Å². The van der Waals surface area contributed by atoms with Gasteiger partial charge in [-0.2, -0.15) is 0 Å². The van der Waals surface area contributed by atoms with Gasteiger partial charge in [0.05, 0.1) is 5.60 Å². The minimum absolute atomic E-state index is 0.416. The van der Waals surface area contributed by atoms with E-state index in [0.717, 1.165) is 12.8 Å². The van der Waals surface area contributed by atoms with Gasteiger partial charge in [-0.05, 0) is 12.8 Å². The fourth-order valence-electron chi connectivity index (χ4n) is 2.49. The fourth-order valence-corrected chi connectivity index (χ4v) is 2.49. The number of aliphatic carboxylic acids is 1. The van der Waals surface area contributed by atoms with Crippen LogP contribution in [0, 0.1) is 5.41 Å². The van der Waals surface area contributed by atoms with Gasteiger partial charge in [-0.15, -0.1) is 0 Å². The zero-order valence-corrected chi connectivity index (χ0v) is 7.55. The molecule has 1 aliphatic heterocycles. The first-order valence-electron chi connectivity index (χ1n) is 4.77. The summed E-state index contributed by atoms with van der Waals surface area (Å²) in [5, 5.41) is 22.3. The van der Waals surface area contributed by atoms with Crippen molar-refractivity contribution in [2.24, 2.45) is 5.41 Å². The molecule has 3 N–H and O–H groups in total. The van der Waals surface area contributed by atoms with E-state index in [1.807, 2.05) is 0 Å². The maximum absolute atomic E-state index is 11.1. The average Bonchev–Trinajstić information content (AvgIpc) is 2.32. The molecule has 4 heteroatoms. The van der Waals surface area contributed by atoms with E-state index in [4.69, 9.17) is 5.11 Å². The van der Waals surface area contributed by atoms with Crippen LogP contribution in [-0.2, 0) is 4.79 Å². The molecule has 0 radical (unpaired) electrons. The maximum atomic E-state index is 11.1. The Morgan fingerprint density at radius 2 is 1.77 bits per heavy atom. The molecule has 2 rings (SSSR count). The highest BCUT2D eigenvalue weighted by Crippen LogP contribution is 2.46. The lowest BCUT2D eigenvalue weighted by atomic mass is 9.66. The van der Waals surface area contributed by atoms with E-state index in [-0.39, 0.29) is 0 Å². The van der Waals surface area contributed by atoms with Crippen LogP contribution in [-0.4, -0.2) is 34.9 Å². The van der Waals surface area contributed by atoms with E-state index in [1.165, 1.54) is 0 Å². The van der Waals surface area contributed by atoms with Crippen LogP contribution in [0.5, 0.6) is 0 Å². The maximum Gasteiger partial charge on any atom is 0.315 e. The Hall–Kier alpha value is -0.610. The molecular weight excluding hydrogens is 170 g/mol. The lowest BCUT2D eigenvalue weighted by Crippen LogP contribution is -2.69. The minimum atomic E-state index is -0.954. The third-order valence-electron chi connectivity index (χ3n) is 3.58. The highest BCUT2D eigenvalue weighted by molar-refractivity contribution is 5.78. The fraction of sp³-hybridized carbons (Fsp3) is 0.889. The largest absolute Gasteiger partial charge is 0.481 e. The van der Waals surface area contributed by atoms with Crippen molar-refractivity contribution >= 4 is 5.97 Å². The molecule has 1 aliphatic carbocycles. The summed E-state index contributed by atoms with van der Waals surface area (Å²) in [5.74, 6) is -0.851. The van der Waals surface area contributed by atoms with Crippen LogP contribution in [0.15, 0.2) is 0 Å². The van der Waals surface area contributed by atoms with Crippen LogP contribution in [0.2, 0.25) is 0 Å². The number of hydrogen-bond donors (Lipinski definition) is 3. The summed E-state index contributed by atoms with van der Waals surface area (Å²) in [6, 6.07) is 0. The van der Waals surface area contributed by atoms with E-state index >= 15 is 0 Å². The second kappa shape index (κ2) is 2.69. The quantitative estimate of drug-likeness (QED) is 0.565. The van der Waals surface area contributed by atoms with Crippen LogP contribution in [0.4, 0.5) is 0 Å². The second-order valence-electron chi connectivity index (χ2n) is 4.23. The zero-order chi connectivity index (χ0) is 9.53. The number of aliphatic hydroxyl groups is 1. The number of hydrogen-bond acceptors (Lipinski definition) is 3. The molecule has 0 aromatic rings. The molecule has 1 saturated heterocycles. The molecule has 0 amide bonds. The molecule has 1 saturated carbocycles. The summed E-state index contributed by atoms with van der Waals surface area (Å²) < 4.78 is 0. The number of carbonyl (C=O) groups is 1. The van der Waals surface area contributed by atoms with Gasteiger partial charge in [0.2, 0.25) is 0 Å². The number of rotatable bonds is 2. The predicted molar refractivity (Wildman–Crippen MR) is 46.4 cm³/mol. The van der Waals surface area contributed by atoms with Gasteiger partial charge in [-0.25, -0.2) is 0 Å². The van der Waals surface area contributed by atoms with E-state index in [2.05, 4.69) is 5.32 Å². The first-order chi connectivity index (χ1) is 6.11. The molecule has 0 aromatic carbocycles. The van der Waals surface area contributed by atoms with Gasteiger partial charge >= 0.3 is 5.97 Å². The van der Waals surface area contributed by atoms with Crippen molar-refractivity contribution in [3.8, 4) is 0 Å². The molecule has 13 heavy (non-hydrogen) atoms. The minimum Gasteiger partial charge on any atom is -0.481 e. The number of carboxylic acids is 1. The van der Waals surface area contributed by atoms with E-state index in [9.17, 15) is 9.90 Å². The van der Waals surface area contributed by atoms with Crippen molar-refractivity contribution in [2.75, 3.05) is 13.1 Å². The average molecular weight is 185 g/mol. The number of nitrogens with one attached hydrogen (secondary N) is 1. The predicted octanol–water partition coefficient (Wildman–Crippen LogP) is -0.0343. The second-order valence-corrected chi connectivity index (χ2v) is 4.23. The summed E-state index contributed by atoms with van der Waals surface area (Å²) in [6.45, 7) is 0.831. The third-order valence-corrected chi connectivity index (χ3v) is 3.58. The summed E-state index contributed by atoms with van der Waals surface area (Å²) in [7, 11) is 0. The van der Waals surface area contributed by atoms with Gasteiger partial charge in [0.1, 0.15) is 5.41 Å². The highest BCUT2D eigenvalue weighted by atomic mass is 16.4. The van der Waals surface area contributed by atoms with Crippen molar-refractivity contribution < 1.29 is 15.0 Å². The van der Waals surface area contributed by atoms with Crippen molar-refractivity contribution in [1.82, 2.24) is 5.32 Å². The molecule has 2 aliphatic rings. The molecule has 0 aromatic heterocycles. The zero-order valence-electron chi connectivity index (χ0n) is 7.55. The lowest BCUT2D eigenvalue weighted by Gasteiger charge is -2.48. The normalized spacial score (nSPS) is 29.6. The first-order valence-corrected chi connectivity index (χ1v) is 4.77. The van der Waals surface area contributed by atoms with Gasteiger partial charge in [0.15, 0.2) is 0 Å². The molecule has 1 heterocycles. The third kappa shape index (κ3) is 1.02. The molecule has 0 unspecified atom stereocenters. The van der Waals surface area contributed by atoms with Gasteiger partial charge in [-0.3, -0.25) is 4.79 Å². The van der Waals surface area contributed by atoms with Crippen LogP contribution in [0.1, 0.15) is 25.7 Å². The van der Waals surface area contributed by atoms with E-state index in [0.29, 0.717) is 25.9 Å². The summed E-state index contributed by atoms with van der Waals surface area (Å²) in [4.78, 5) is 11.1. The Bertz CT molecular complexity index is 229. The SMILES string of the molecule is O=C(O)C1(C2(O)CCCC2)CNC1. The Morgan fingerprint density at radius 1 is 1.23 bits per heavy atom. The summed E-state index contributed by atoms with van der Waals surface area (Å²) in [6.07, 6.45) is 3.18. The van der Waals surface area contributed by atoms with Crippen LogP contribution in [0.3, 0.4) is 0 Å². The van der Waals surface area contributed by atoms with Crippen molar-refractivity contribution in [3.63, 3.8) is 0 Å². The van der Waals surface area contributed by atoms with Gasteiger partial charge < -0.3 is 15.5 Å². The Labute approximate surface area is 76.9 Å². The molecule has 4 nitrogen and oxygen atoms in total. The number of carboxylic acid groups (broad SMARTS) is 1. The van der Waals surface area contributed by atoms with E-state index < -0.39 is 17.0 Å². The van der Waals surface area contributed by atoms with Crippen molar-refractivity contribution in [2.45, 2.75) is 31.3 Å². The smallest absolute Gasteiger partial charge is 0.315 e. The Balaban J connectivity index is 2.24. The molecule has 74 valence electrons. The Morgan fingerprint density at radius 3 is 2.08 bits per heavy atom. The highest BCUT2D eigenvalue weighted by Gasteiger charge is 2.60. The standard InChI is InChI=1S/C9H15NO3/c11-7(12)8(5-10-6-8)9(13)3-1-2-4-9/h10,13H,1-6H2,(H,11,12). The summed E-state index contributed by atoms with van der Waals surface area (Å²) in [5.41, 5.74) is -1.85. The first kappa shape index (κ1) is 8.97. The molecule has 2 fully saturated rings. The van der Waals surface area contributed by atoms with Crippen LogP contribution < -0.4 is 5.32 Å². The molecular formula is C9H15NO3. The Kier molecular flexibility index (Phi) is 1.85. The monoisotopic (exact) mass is 185 g/mol. The lowest BCUT2D eigenvalue weighted by molar-refractivity contribution is -0.177. The van der Waals surface area contributed by atoms with Gasteiger partial charge in [0, 0.05) is 13.1 Å². The van der Waals surface area contributed by atoms with Crippen LogP contribution in [0.25, 0.3) is 0 Å². The molecule has 0 bridgehead atoms. The molecule has 0 spiro atoms. The van der Waals surface area contributed by atoms with Gasteiger partial charge in [-0.1, -0.05) is 12.8 Å². The van der Waals surface area contributed by atoms with Crippen molar-refractivity contribution in [1.29, 1.82) is 0 Å². The van der Waals surface area contributed by atoms with Crippen LogP contribution >= 0.6 is 0 Å². The molecule has 0 atom stereocenters. The van der Waals surface area contributed by atoms with Gasteiger partial charge in [0.25, 0.3) is 0 Å². The topological polar surface area (TPSA) is 69.6 Å². The summed E-state index contributed by atoms with van der Waals surface area (Å²) >= 11 is 0.